The van der Waals surface area contributed by atoms with Crippen molar-refractivity contribution in [1.82, 2.24) is 5.32 Å². The summed E-state index contributed by atoms with van der Waals surface area (Å²) < 4.78 is 30.7. The van der Waals surface area contributed by atoms with Crippen molar-refractivity contribution < 1.29 is 18.3 Å². The molecule has 21 heavy (non-hydrogen) atoms. The number of aromatic hydroxyl groups is 1. The quantitative estimate of drug-likeness (QED) is 0.634. The minimum atomic E-state index is -3.44. The zero-order chi connectivity index (χ0) is 15.5. The van der Waals surface area contributed by atoms with Gasteiger partial charge in [-0.25, -0.2) is 8.42 Å². The first kappa shape index (κ1) is 16.1. The van der Waals surface area contributed by atoms with Crippen LogP contribution in [0, 0.1) is 0 Å². The second-order valence-electron chi connectivity index (χ2n) is 5.28. The summed E-state index contributed by atoms with van der Waals surface area (Å²) in [6.07, 6.45) is 3.26. The highest BCUT2D eigenvalue weighted by molar-refractivity contribution is 7.92. The molecule has 3 N–H and O–H groups in total. The molecule has 1 aromatic rings. The fourth-order valence-corrected chi connectivity index (χ4v) is 2.63. The maximum Gasteiger partial charge on any atom is 0.229 e. The smallest absolute Gasteiger partial charge is 0.229 e. The fraction of sp³-hybridized carbons (Fsp3) is 0.571. The number of rotatable bonds is 8. The van der Waals surface area contributed by atoms with E-state index in [9.17, 15) is 13.5 Å². The first-order valence-electron chi connectivity index (χ1n) is 7.04. The van der Waals surface area contributed by atoms with Gasteiger partial charge in [0.15, 0.2) is 0 Å². The van der Waals surface area contributed by atoms with Crippen LogP contribution in [0.3, 0.4) is 0 Å². The molecule has 6 nitrogen and oxygen atoms in total. The molecular formula is C14H22N2O4S. The van der Waals surface area contributed by atoms with E-state index in [1.54, 1.807) is 12.1 Å². The van der Waals surface area contributed by atoms with E-state index < -0.39 is 10.0 Å². The molecule has 118 valence electrons. The van der Waals surface area contributed by atoms with Crippen LogP contribution in [0.4, 0.5) is 5.69 Å². The number of benzene rings is 1. The third-order valence-electron chi connectivity index (χ3n) is 3.22. The van der Waals surface area contributed by atoms with E-state index in [0.29, 0.717) is 19.2 Å². The van der Waals surface area contributed by atoms with Crippen molar-refractivity contribution in [3.8, 4) is 5.75 Å². The van der Waals surface area contributed by atoms with Crippen molar-refractivity contribution in [3.63, 3.8) is 0 Å². The number of phenolic OH excluding ortho intramolecular Hbond substituents is 1. The van der Waals surface area contributed by atoms with Crippen LogP contribution in [-0.4, -0.2) is 39.0 Å². The van der Waals surface area contributed by atoms with Crippen molar-refractivity contribution in [2.45, 2.75) is 31.9 Å². The Kier molecular flexibility index (Phi) is 5.08. The summed E-state index contributed by atoms with van der Waals surface area (Å²) in [4.78, 5) is 0. The third-order valence-corrected chi connectivity index (χ3v) is 3.82. The number of nitrogens with one attached hydrogen (secondary N) is 2. The Hall–Kier alpha value is -1.31. The topological polar surface area (TPSA) is 87.7 Å². The molecule has 1 atom stereocenters. The van der Waals surface area contributed by atoms with E-state index in [4.69, 9.17) is 4.74 Å². The van der Waals surface area contributed by atoms with E-state index >= 15 is 0 Å². The van der Waals surface area contributed by atoms with Crippen LogP contribution >= 0.6 is 0 Å². The van der Waals surface area contributed by atoms with Crippen molar-refractivity contribution >= 4 is 15.7 Å². The third kappa shape index (κ3) is 5.18. The van der Waals surface area contributed by atoms with Crippen LogP contribution < -0.4 is 10.0 Å². The van der Waals surface area contributed by atoms with Crippen LogP contribution in [-0.2, 0) is 14.8 Å². The van der Waals surface area contributed by atoms with Crippen LogP contribution in [0.2, 0.25) is 0 Å². The molecule has 0 saturated heterocycles. The van der Waals surface area contributed by atoms with Gasteiger partial charge in [-0.2, -0.15) is 0 Å². The highest BCUT2D eigenvalue weighted by atomic mass is 32.2. The van der Waals surface area contributed by atoms with Gasteiger partial charge in [-0.05, 0) is 37.5 Å². The minimum absolute atomic E-state index is 0.102. The van der Waals surface area contributed by atoms with E-state index in [0.717, 1.165) is 11.8 Å². The van der Waals surface area contributed by atoms with Crippen LogP contribution in [0.15, 0.2) is 18.2 Å². The summed E-state index contributed by atoms with van der Waals surface area (Å²) in [6.45, 7) is 3.15. The number of ether oxygens (including phenoxy) is 1. The predicted molar refractivity (Wildman–Crippen MR) is 82.0 cm³/mol. The Labute approximate surface area is 125 Å². The van der Waals surface area contributed by atoms with Gasteiger partial charge >= 0.3 is 0 Å². The first-order valence-corrected chi connectivity index (χ1v) is 8.94. The lowest BCUT2D eigenvalue weighted by atomic mass is 10.1. The van der Waals surface area contributed by atoms with Gasteiger partial charge in [0.05, 0.1) is 18.0 Å². The summed E-state index contributed by atoms with van der Waals surface area (Å²) in [6, 6.07) is 5.41. The van der Waals surface area contributed by atoms with Crippen LogP contribution in [0.25, 0.3) is 0 Å². The number of sulfonamides is 1. The molecule has 1 saturated carbocycles. The minimum Gasteiger partial charge on any atom is -0.506 e. The average molecular weight is 314 g/mol. The van der Waals surface area contributed by atoms with Gasteiger partial charge in [0.1, 0.15) is 5.75 Å². The second-order valence-corrected chi connectivity index (χ2v) is 7.03. The van der Waals surface area contributed by atoms with Gasteiger partial charge in [-0.1, -0.05) is 6.07 Å². The van der Waals surface area contributed by atoms with Crippen molar-refractivity contribution in [1.29, 1.82) is 0 Å². The van der Waals surface area contributed by atoms with Gasteiger partial charge in [0.2, 0.25) is 10.0 Å². The number of hydrogen-bond acceptors (Lipinski definition) is 5. The normalized spacial score (nSPS) is 16.7. The SMILES string of the molecule is CCOC(CNC1CC1)c1ccc(O)c(NS(C)(=O)=O)c1. The summed E-state index contributed by atoms with van der Waals surface area (Å²) in [5.41, 5.74) is 1.00. The van der Waals surface area contributed by atoms with Gasteiger partial charge in [-0.3, -0.25) is 4.72 Å². The highest BCUT2D eigenvalue weighted by Gasteiger charge is 2.23. The molecule has 0 radical (unpaired) electrons. The molecule has 0 aliphatic heterocycles. The molecule has 1 aromatic carbocycles. The van der Waals surface area contributed by atoms with Crippen molar-refractivity contribution in [2.75, 3.05) is 24.1 Å². The molecule has 0 amide bonds. The van der Waals surface area contributed by atoms with E-state index in [1.165, 1.54) is 18.9 Å². The molecule has 0 spiro atoms. The Bertz CT molecular complexity index is 585. The van der Waals surface area contributed by atoms with Gasteiger partial charge in [0, 0.05) is 19.2 Å². The molecule has 2 rings (SSSR count). The maximum absolute atomic E-state index is 11.3. The molecule has 0 heterocycles. The zero-order valence-corrected chi connectivity index (χ0v) is 13.1. The number of phenols is 1. The van der Waals surface area contributed by atoms with Crippen molar-refractivity contribution in [2.24, 2.45) is 0 Å². The van der Waals surface area contributed by atoms with E-state index in [1.807, 2.05) is 6.92 Å². The first-order chi connectivity index (χ1) is 9.89. The number of anilines is 1. The lowest BCUT2D eigenvalue weighted by Crippen LogP contribution is -2.25. The monoisotopic (exact) mass is 314 g/mol. The molecule has 1 aliphatic carbocycles. The summed E-state index contributed by atoms with van der Waals surface area (Å²) in [5, 5.41) is 13.2. The lowest BCUT2D eigenvalue weighted by molar-refractivity contribution is 0.0621. The largest absolute Gasteiger partial charge is 0.506 e. The molecular weight excluding hydrogens is 292 g/mol. The molecule has 0 bridgehead atoms. The molecule has 0 aromatic heterocycles. The summed E-state index contributed by atoms with van der Waals surface area (Å²) in [7, 11) is -3.44. The Morgan fingerprint density at radius 2 is 2.14 bits per heavy atom. The van der Waals surface area contributed by atoms with Gasteiger partial charge in [-0.15, -0.1) is 0 Å². The van der Waals surface area contributed by atoms with Crippen LogP contribution in [0.1, 0.15) is 31.4 Å². The highest BCUT2D eigenvalue weighted by Crippen LogP contribution is 2.29. The standard InChI is InChI=1S/C14H22N2O4S/c1-3-20-14(9-15-11-5-6-11)10-4-7-13(17)12(8-10)16-21(2,18)19/h4,7-8,11,14-17H,3,5-6,9H2,1-2H3. The molecule has 1 unspecified atom stereocenters. The van der Waals surface area contributed by atoms with Crippen LogP contribution in [0.5, 0.6) is 5.75 Å². The van der Waals surface area contributed by atoms with E-state index in [2.05, 4.69) is 10.0 Å². The molecule has 1 aliphatic rings. The second kappa shape index (κ2) is 6.64. The van der Waals surface area contributed by atoms with Gasteiger partial charge < -0.3 is 15.2 Å². The zero-order valence-electron chi connectivity index (χ0n) is 12.3. The fourth-order valence-electron chi connectivity index (χ4n) is 2.07. The van der Waals surface area contributed by atoms with Gasteiger partial charge in [0.25, 0.3) is 0 Å². The Balaban J connectivity index is 2.16. The Morgan fingerprint density at radius 1 is 1.43 bits per heavy atom. The summed E-state index contributed by atoms with van der Waals surface area (Å²) >= 11 is 0. The lowest BCUT2D eigenvalue weighted by Gasteiger charge is -2.19. The Morgan fingerprint density at radius 3 is 2.71 bits per heavy atom. The predicted octanol–water partition coefficient (Wildman–Crippen LogP) is 1.59. The average Bonchev–Trinajstić information content (AvgIpc) is 3.20. The van der Waals surface area contributed by atoms with Crippen molar-refractivity contribution in [3.05, 3.63) is 23.8 Å². The van der Waals surface area contributed by atoms with E-state index in [-0.39, 0.29) is 17.5 Å². The molecule has 1 fully saturated rings. The molecule has 7 heteroatoms. The number of hydrogen-bond donors (Lipinski definition) is 3. The maximum atomic E-state index is 11.3. The summed E-state index contributed by atoms with van der Waals surface area (Å²) in [5.74, 6) is -0.102.